The second-order valence-electron chi connectivity index (χ2n) is 5.45. The van der Waals surface area contributed by atoms with Crippen LogP contribution in [-0.4, -0.2) is 27.8 Å². The molecule has 0 saturated carbocycles. The number of anilines is 2. The Kier molecular flexibility index (Phi) is 6.45. The molecule has 2 N–H and O–H groups in total. The van der Waals surface area contributed by atoms with Crippen molar-refractivity contribution in [1.29, 1.82) is 0 Å². The number of nitrogens with zero attached hydrogens (tertiary/aromatic N) is 2. The van der Waals surface area contributed by atoms with E-state index in [0.29, 0.717) is 22.4 Å². The fourth-order valence-corrected chi connectivity index (χ4v) is 3.28. The third kappa shape index (κ3) is 5.54. The first-order chi connectivity index (χ1) is 13.0. The summed E-state index contributed by atoms with van der Waals surface area (Å²) in [6.07, 6.45) is 0. The third-order valence-electron chi connectivity index (χ3n) is 3.31. The highest BCUT2D eigenvalue weighted by Crippen LogP contribution is 2.25. The lowest BCUT2D eigenvalue weighted by molar-refractivity contribution is -0.114. The zero-order valence-corrected chi connectivity index (χ0v) is 17.2. The molecular formula is C18H15IN4O3S. The van der Waals surface area contributed by atoms with Crippen LogP contribution >= 0.6 is 34.4 Å². The first-order valence-corrected chi connectivity index (χ1v) is 9.96. The Bertz CT molecular complexity index is 977. The molecule has 0 aliphatic carbocycles. The summed E-state index contributed by atoms with van der Waals surface area (Å²) in [5.74, 6) is 0.158. The summed E-state index contributed by atoms with van der Waals surface area (Å²) in [4.78, 5) is 23.3. The minimum Gasteiger partial charge on any atom is -0.411 e. The standard InChI is InChI=1S/C18H15IN4O3S/c1-11(24)20-13-6-4-5-12(9-13)17-22-23-18(26-17)27-10-16(25)21-15-8-3-2-7-14(15)19/h2-9H,10H2,1H3,(H,20,24)(H,21,25). The lowest BCUT2D eigenvalue weighted by Gasteiger charge is -2.05. The molecule has 0 bridgehead atoms. The largest absolute Gasteiger partial charge is 0.411 e. The third-order valence-corrected chi connectivity index (χ3v) is 5.07. The molecule has 0 atom stereocenters. The normalized spacial score (nSPS) is 10.4. The van der Waals surface area contributed by atoms with E-state index >= 15 is 0 Å². The van der Waals surface area contributed by atoms with Crippen LogP contribution in [0.15, 0.2) is 58.2 Å². The second kappa shape index (κ2) is 9.00. The number of benzene rings is 2. The molecular weight excluding hydrogens is 479 g/mol. The Morgan fingerprint density at radius 2 is 1.93 bits per heavy atom. The summed E-state index contributed by atoms with van der Waals surface area (Å²) < 4.78 is 6.57. The van der Waals surface area contributed by atoms with Crippen molar-refractivity contribution in [2.45, 2.75) is 12.1 Å². The van der Waals surface area contributed by atoms with E-state index in [0.717, 1.165) is 21.0 Å². The maximum absolute atomic E-state index is 12.1. The number of rotatable bonds is 6. The van der Waals surface area contributed by atoms with E-state index in [1.807, 2.05) is 24.3 Å². The van der Waals surface area contributed by atoms with Crippen molar-refractivity contribution in [3.8, 4) is 11.5 Å². The van der Waals surface area contributed by atoms with Crippen molar-refractivity contribution in [3.05, 3.63) is 52.1 Å². The molecule has 1 heterocycles. The quantitative estimate of drug-likeness (QED) is 0.397. The Morgan fingerprint density at radius 3 is 2.70 bits per heavy atom. The smallest absolute Gasteiger partial charge is 0.277 e. The van der Waals surface area contributed by atoms with Crippen molar-refractivity contribution >= 4 is 57.5 Å². The number of thioether (sulfide) groups is 1. The molecule has 0 aliphatic heterocycles. The van der Waals surface area contributed by atoms with Crippen LogP contribution in [0.5, 0.6) is 0 Å². The first-order valence-electron chi connectivity index (χ1n) is 7.90. The molecule has 0 aliphatic rings. The summed E-state index contributed by atoms with van der Waals surface area (Å²) >= 11 is 3.32. The van der Waals surface area contributed by atoms with Crippen molar-refractivity contribution in [3.63, 3.8) is 0 Å². The average Bonchev–Trinajstić information content (AvgIpc) is 3.11. The molecule has 0 fully saturated rings. The Labute approximate surface area is 173 Å². The first kappa shape index (κ1) is 19.4. The van der Waals surface area contributed by atoms with Gasteiger partial charge < -0.3 is 15.1 Å². The van der Waals surface area contributed by atoms with E-state index in [4.69, 9.17) is 4.42 Å². The Balaban J connectivity index is 1.60. The van der Waals surface area contributed by atoms with E-state index in [9.17, 15) is 9.59 Å². The van der Waals surface area contributed by atoms with Crippen LogP contribution in [0.3, 0.4) is 0 Å². The van der Waals surface area contributed by atoms with Crippen molar-refractivity contribution in [1.82, 2.24) is 10.2 Å². The molecule has 27 heavy (non-hydrogen) atoms. The number of aromatic nitrogens is 2. The number of nitrogens with one attached hydrogen (secondary N) is 2. The summed E-state index contributed by atoms with van der Waals surface area (Å²) in [5.41, 5.74) is 2.10. The molecule has 1 aromatic heterocycles. The van der Waals surface area contributed by atoms with Crippen LogP contribution in [0, 0.1) is 3.57 Å². The molecule has 7 nitrogen and oxygen atoms in total. The molecule has 138 valence electrons. The lowest BCUT2D eigenvalue weighted by atomic mass is 10.2. The van der Waals surface area contributed by atoms with E-state index in [-0.39, 0.29) is 17.6 Å². The number of amides is 2. The zero-order valence-electron chi connectivity index (χ0n) is 14.2. The number of carbonyl (C=O) groups excluding carboxylic acids is 2. The zero-order chi connectivity index (χ0) is 19.2. The number of hydrogen-bond donors (Lipinski definition) is 2. The van der Waals surface area contributed by atoms with Gasteiger partial charge >= 0.3 is 0 Å². The monoisotopic (exact) mass is 494 g/mol. The van der Waals surface area contributed by atoms with Gasteiger partial charge in [0.05, 0.1) is 11.4 Å². The minimum atomic E-state index is -0.159. The van der Waals surface area contributed by atoms with Gasteiger partial charge in [0.1, 0.15) is 0 Å². The second-order valence-corrected chi connectivity index (χ2v) is 7.54. The highest BCUT2D eigenvalue weighted by atomic mass is 127. The Hall–Kier alpha value is -2.40. The molecule has 2 aromatic carbocycles. The molecule has 9 heteroatoms. The van der Waals surface area contributed by atoms with E-state index in [2.05, 4.69) is 43.4 Å². The summed E-state index contributed by atoms with van der Waals surface area (Å²) in [7, 11) is 0. The van der Waals surface area contributed by atoms with Gasteiger partial charge in [-0.1, -0.05) is 30.0 Å². The van der Waals surface area contributed by atoms with Crippen molar-refractivity contribution in [2.24, 2.45) is 0 Å². The molecule has 0 saturated heterocycles. The average molecular weight is 494 g/mol. The van der Waals surface area contributed by atoms with Gasteiger partial charge in [0.2, 0.25) is 17.7 Å². The van der Waals surface area contributed by atoms with Gasteiger partial charge in [0.25, 0.3) is 5.22 Å². The number of para-hydroxylation sites is 1. The van der Waals surface area contributed by atoms with Crippen LogP contribution in [0.1, 0.15) is 6.92 Å². The summed E-state index contributed by atoms with van der Waals surface area (Å²) in [6.45, 7) is 1.44. The maximum Gasteiger partial charge on any atom is 0.277 e. The van der Waals surface area contributed by atoms with E-state index < -0.39 is 0 Å². The molecule has 3 aromatic rings. The molecule has 2 amide bonds. The number of carbonyl (C=O) groups is 2. The highest BCUT2D eigenvalue weighted by Gasteiger charge is 2.12. The van der Waals surface area contributed by atoms with Gasteiger partial charge in [-0.05, 0) is 52.9 Å². The predicted octanol–water partition coefficient (Wildman–Crippen LogP) is 4.03. The lowest BCUT2D eigenvalue weighted by Crippen LogP contribution is -2.14. The van der Waals surface area contributed by atoms with Crippen molar-refractivity contribution in [2.75, 3.05) is 16.4 Å². The van der Waals surface area contributed by atoms with Gasteiger partial charge in [-0.3, -0.25) is 9.59 Å². The van der Waals surface area contributed by atoms with E-state index in [1.54, 1.807) is 24.3 Å². The maximum atomic E-state index is 12.1. The summed E-state index contributed by atoms with van der Waals surface area (Å²) in [6, 6.07) is 14.6. The topological polar surface area (TPSA) is 97.1 Å². The predicted molar refractivity (Wildman–Crippen MR) is 113 cm³/mol. The Morgan fingerprint density at radius 1 is 1.11 bits per heavy atom. The number of hydrogen-bond acceptors (Lipinski definition) is 6. The molecule has 0 unspecified atom stereocenters. The molecule has 0 spiro atoms. The van der Waals surface area contributed by atoms with Gasteiger partial charge in [0.15, 0.2) is 0 Å². The molecule has 3 rings (SSSR count). The van der Waals surface area contributed by atoms with Crippen LogP contribution in [0.2, 0.25) is 0 Å². The van der Waals surface area contributed by atoms with Gasteiger partial charge in [-0.25, -0.2) is 0 Å². The summed E-state index contributed by atoms with van der Waals surface area (Å²) in [5, 5.41) is 13.8. The van der Waals surface area contributed by atoms with Gasteiger partial charge in [-0.15, -0.1) is 10.2 Å². The fraction of sp³-hybridized carbons (Fsp3) is 0.111. The number of halogens is 1. The minimum absolute atomic E-state index is 0.151. The van der Waals surface area contributed by atoms with E-state index in [1.165, 1.54) is 6.92 Å². The van der Waals surface area contributed by atoms with Crippen LogP contribution in [-0.2, 0) is 9.59 Å². The van der Waals surface area contributed by atoms with Gasteiger partial charge in [0, 0.05) is 21.7 Å². The molecule has 0 radical (unpaired) electrons. The van der Waals surface area contributed by atoms with Crippen molar-refractivity contribution < 1.29 is 14.0 Å². The van der Waals surface area contributed by atoms with Crippen LogP contribution in [0.4, 0.5) is 11.4 Å². The van der Waals surface area contributed by atoms with Crippen LogP contribution < -0.4 is 10.6 Å². The fourth-order valence-electron chi connectivity index (χ4n) is 2.19. The highest BCUT2D eigenvalue weighted by molar-refractivity contribution is 14.1. The van der Waals surface area contributed by atoms with Crippen LogP contribution in [0.25, 0.3) is 11.5 Å². The van der Waals surface area contributed by atoms with Gasteiger partial charge in [-0.2, -0.15) is 0 Å². The SMILES string of the molecule is CC(=O)Nc1cccc(-c2nnc(SCC(=O)Nc3ccccc3I)o2)c1.